The van der Waals surface area contributed by atoms with Gasteiger partial charge in [0, 0.05) is 12.1 Å². The molecule has 0 radical (unpaired) electrons. The number of carbonyl (C=O) groups is 1. The topological polar surface area (TPSA) is 75.3 Å². The molecule has 1 aliphatic heterocycles. The van der Waals surface area contributed by atoms with Crippen molar-refractivity contribution in [3.63, 3.8) is 0 Å². The van der Waals surface area contributed by atoms with Crippen LogP contribution in [0.1, 0.15) is 15.9 Å². The van der Waals surface area contributed by atoms with E-state index in [0.717, 1.165) is 5.56 Å². The lowest BCUT2D eigenvalue weighted by Crippen LogP contribution is -2.12. The van der Waals surface area contributed by atoms with Crippen LogP contribution in [0.3, 0.4) is 0 Å². The summed E-state index contributed by atoms with van der Waals surface area (Å²) in [6.45, 7) is 0.474. The molecule has 1 aromatic carbocycles. The highest BCUT2D eigenvalue weighted by Gasteiger charge is 2.19. The quantitative estimate of drug-likeness (QED) is 0.379. The molecule has 2 rings (SSSR count). The van der Waals surface area contributed by atoms with Crippen molar-refractivity contribution in [1.82, 2.24) is 5.32 Å². The standard InChI is InChI=1S/C8H8N2O2/c9-6-2-5-4(1-7(6)11)3-10-8(5)12/h1-2,11H,3,9H2,(H,10,12). The van der Waals surface area contributed by atoms with Crippen molar-refractivity contribution >= 4 is 11.6 Å². The van der Waals surface area contributed by atoms with E-state index in [9.17, 15) is 9.90 Å². The number of hydrogen-bond acceptors (Lipinski definition) is 3. The fourth-order valence-corrected chi connectivity index (χ4v) is 1.28. The Morgan fingerprint density at radius 1 is 1.50 bits per heavy atom. The molecule has 1 aliphatic rings. The van der Waals surface area contributed by atoms with Gasteiger partial charge in [-0.3, -0.25) is 4.79 Å². The van der Waals surface area contributed by atoms with Crippen LogP contribution in [-0.4, -0.2) is 11.0 Å². The monoisotopic (exact) mass is 164 g/mol. The third-order valence-corrected chi connectivity index (χ3v) is 1.94. The molecular formula is C8H8N2O2. The number of nitrogen functional groups attached to an aromatic ring is 1. The smallest absolute Gasteiger partial charge is 0.251 e. The van der Waals surface area contributed by atoms with Gasteiger partial charge in [0.1, 0.15) is 5.75 Å². The van der Waals surface area contributed by atoms with E-state index in [0.29, 0.717) is 12.1 Å². The van der Waals surface area contributed by atoms with Gasteiger partial charge in [-0.2, -0.15) is 0 Å². The highest BCUT2D eigenvalue weighted by molar-refractivity contribution is 5.99. The van der Waals surface area contributed by atoms with Gasteiger partial charge in [0.2, 0.25) is 0 Å². The van der Waals surface area contributed by atoms with E-state index in [2.05, 4.69) is 5.32 Å². The molecular weight excluding hydrogens is 156 g/mol. The molecule has 0 saturated heterocycles. The lowest BCUT2D eigenvalue weighted by molar-refractivity contribution is 0.0966. The average Bonchev–Trinajstić information content (AvgIpc) is 2.35. The number of carbonyl (C=O) groups excluding carboxylic acids is 1. The highest BCUT2D eigenvalue weighted by Crippen LogP contribution is 2.26. The molecule has 0 atom stereocenters. The molecule has 0 saturated carbocycles. The Labute approximate surface area is 69.0 Å². The lowest BCUT2D eigenvalue weighted by Gasteiger charge is -2.00. The molecule has 0 bridgehead atoms. The summed E-state index contributed by atoms with van der Waals surface area (Å²) in [7, 11) is 0. The summed E-state index contributed by atoms with van der Waals surface area (Å²) in [5.74, 6) is -0.0954. The van der Waals surface area contributed by atoms with E-state index >= 15 is 0 Å². The van der Waals surface area contributed by atoms with Gasteiger partial charge in [-0.1, -0.05) is 0 Å². The summed E-state index contributed by atoms with van der Waals surface area (Å²) in [5.41, 5.74) is 7.02. The van der Waals surface area contributed by atoms with E-state index in [4.69, 9.17) is 5.73 Å². The normalized spacial score (nSPS) is 14.2. The number of hydrogen-bond donors (Lipinski definition) is 3. The van der Waals surface area contributed by atoms with Crippen molar-refractivity contribution in [3.8, 4) is 5.75 Å². The van der Waals surface area contributed by atoms with E-state index in [-0.39, 0.29) is 17.3 Å². The molecule has 4 heteroatoms. The number of aromatic hydroxyl groups is 1. The Hall–Kier alpha value is -1.71. The van der Waals surface area contributed by atoms with Gasteiger partial charge in [-0.25, -0.2) is 0 Å². The molecule has 12 heavy (non-hydrogen) atoms. The molecule has 0 fully saturated rings. The first kappa shape index (κ1) is 6.97. The van der Waals surface area contributed by atoms with Crippen LogP contribution in [0, 0.1) is 0 Å². The fraction of sp³-hybridized carbons (Fsp3) is 0.125. The predicted molar refractivity (Wildman–Crippen MR) is 43.7 cm³/mol. The maximum Gasteiger partial charge on any atom is 0.251 e. The van der Waals surface area contributed by atoms with Crippen molar-refractivity contribution in [2.45, 2.75) is 6.54 Å². The van der Waals surface area contributed by atoms with E-state index in [1.807, 2.05) is 0 Å². The maximum atomic E-state index is 11.1. The number of rotatable bonds is 0. The van der Waals surface area contributed by atoms with Gasteiger partial charge < -0.3 is 16.2 Å². The number of amides is 1. The van der Waals surface area contributed by atoms with Crippen molar-refractivity contribution < 1.29 is 9.90 Å². The van der Waals surface area contributed by atoms with Crippen LogP contribution < -0.4 is 11.1 Å². The summed E-state index contributed by atoms with van der Waals surface area (Å²) < 4.78 is 0. The van der Waals surface area contributed by atoms with Crippen molar-refractivity contribution in [1.29, 1.82) is 0 Å². The van der Waals surface area contributed by atoms with Crippen molar-refractivity contribution in [2.75, 3.05) is 5.73 Å². The van der Waals surface area contributed by atoms with Gasteiger partial charge in [-0.15, -0.1) is 0 Å². The molecule has 0 aromatic heterocycles. The van der Waals surface area contributed by atoms with Crippen LogP contribution in [0.2, 0.25) is 0 Å². The van der Waals surface area contributed by atoms with E-state index in [1.54, 1.807) is 0 Å². The molecule has 1 heterocycles. The lowest BCUT2D eigenvalue weighted by atomic mass is 10.1. The zero-order valence-electron chi connectivity index (χ0n) is 6.29. The number of phenols is 1. The molecule has 4 N–H and O–H groups in total. The first-order chi connectivity index (χ1) is 5.68. The second-order valence-electron chi connectivity index (χ2n) is 2.75. The van der Waals surface area contributed by atoms with Gasteiger partial charge >= 0.3 is 0 Å². The third-order valence-electron chi connectivity index (χ3n) is 1.94. The predicted octanol–water partition coefficient (Wildman–Crippen LogP) is 0.218. The number of fused-ring (bicyclic) bond motifs is 1. The summed E-state index contributed by atoms with van der Waals surface area (Å²) in [5, 5.41) is 11.8. The number of anilines is 1. The van der Waals surface area contributed by atoms with Gasteiger partial charge in [0.05, 0.1) is 5.69 Å². The molecule has 1 amide bonds. The Bertz CT molecular complexity index is 360. The summed E-state index contributed by atoms with van der Waals surface area (Å²) in [6.07, 6.45) is 0. The largest absolute Gasteiger partial charge is 0.506 e. The first-order valence-corrected chi connectivity index (χ1v) is 3.58. The molecule has 0 aliphatic carbocycles. The fourth-order valence-electron chi connectivity index (χ4n) is 1.28. The zero-order chi connectivity index (χ0) is 8.72. The Balaban J connectivity index is 2.63. The molecule has 4 nitrogen and oxygen atoms in total. The Morgan fingerprint density at radius 2 is 2.25 bits per heavy atom. The Kier molecular flexibility index (Phi) is 1.24. The second kappa shape index (κ2) is 2.14. The van der Waals surface area contributed by atoms with E-state index in [1.165, 1.54) is 12.1 Å². The number of nitrogens with one attached hydrogen (secondary N) is 1. The van der Waals surface area contributed by atoms with Crippen LogP contribution in [0.4, 0.5) is 5.69 Å². The van der Waals surface area contributed by atoms with Crippen LogP contribution in [0.5, 0.6) is 5.75 Å². The number of nitrogens with two attached hydrogens (primary N) is 1. The Morgan fingerprint density at radius 3 is 3.00 bits per heavy atom. The van der Waals surface area contributed by atoms with E-state index < -0.39 is 0 Å². The minimum atomic E-state index is -0.128. The van der Waals surface area contributed by atoms with Gasteiger partial charge in [-0.05, 0) is 17.7 Å². The first-order valence-electron chi connectivity index (χ1n) is 3.58. The molecule has 0 unspecified atom stereocenters. The van der Waals surface area contributed by atoms with Crippen LogP contribution >= 0.6 is 0 Å². The second-order valence-corrected chi connectivity index (χ2v) is 2.75. The highest BCUT2D eigenvalue weighted by atomic mass is 16.3. The average molecular weight is 164 g/mol. The van der Waals surface area contributed by atoms with Crippen LogP contribution in [0.15, 0.2) is 12.1 Å². The van der Waals surface area contributed by atoms with Crippen LogP contribution in [0.25, 0.3) is 0 Å². The summed E-state index contributed by atoms with van der Waals surface area (Å²) in [6, 6.07) is 3.01. The van der Waals surface area contributed by atoms with Crippen LogP contribution in [-0.2, 0) is 6.54 Å². The molecule has 62 valence electrons. The summed E-state index contributed by atoms with van der Waals surface area (Å²) >= 11 is 0. The molecule has 1 aromatic rings. The maximum absolute atomic E-state index is 11.1. The zero-order valence-corrected chi connectivity index (χ0v) is 6.29. The van der Waals surface area contributed by atoms with Crippen molar-refractivity contribution in [2.24, 2.45) is 0 Å². The minimum Gasteiger partial charge on any atom is -0.506 e. The van der Waals surface area contributed by atoms with Gasteiger partial charge in [0.25, 0.3) is 5.91 Å². The minimum absolute atomic E-state index is 0.0326. The third kappa shape index (κ3) is 0.812. The molecule has 0 spiro atoms. The SMILES string of the molecule is Nc1cc2c(cc1O)CNC2=O. The number of benzene rings is 1. The number of phenolic OH excluding ortho intramolecular Hbond substituents is 1. The van der Waals surface area contributed by atoms with Crippen molar-refractivity contribution in [3.05, 3.63) is 23.3 Å². The summed E-state index contributed by atoms with van der Waals surface area (Å²) in [4.78, 5) is 11.1. The van der Waals surface area contributed by atoms with Gasteiger partial charge in [0.15, 0.2) is 0 Å².